The molecule has 22 heavy (non-hydrogen) atoms. The molecule has 2 aromatic rings. The summed E-state index contributed by atoms with van der Waals surface area (Å²) in [6.07, 6.45) is 0. The molecule has 2 rings (SSSR count). The highest BCUT2D eigenvalue weighted by molar-refractivity contribution is 8.02. The molecular formula is C14H17ClN4OS2. The van der Waals surface area contributed by atoms with Crippen molar-refractivity contribution >= 4 is 51.4 Å². The van der Waals surface area contributed by atoms with Crippen LogP contribution in [0.3, 0.4) is 0 Å². The second kappa shape index (κ2) is 7.80. The summed E-state index contributed by atoms with van der Waals surface area (Å²) in [4.78, 5) is 12.2. The Morgan fingerprint density at radius 1 is 1.32 bits per heavy atom. The van der Waals surface area contributed by atoms with E-state index in [2.05, 4.69) is 20.8 Å². The molecule has 0 aliphatic heterocycles. The zero-order chi connectivity index (χ0) is 16.1. The number of nitrogens with one attached hydrogen (secondary N) is 2. The van der Waals surface area contributed by atoms with Crippen LogP contribution in [0, 0.1) is 0 Å². The van der Waals surface area contributed by atoms with E-state index >= 15 is 0 Å². The van der Waals surface area contributed by atoms with Crippen LogP contribution in [0.15, 0.2) is 28.6 Å². The highest BCUT2D eigenvalue weighted by Crippen LogP contribution is 2.29. The van der Waals surface area contributed by atoms with Crippen LogP contribution >= 0.6 is 34.7 Å². The summed E-state index contributed by atoms with van der Waals surface area (Å²) < 4.78 is 0.761. The number of carbonyl (C=O) groups excluding carboxylic acids is 1. The Balaban J connectivity index is 1.92. The number of anilines is 2. The highest BCUT2D eigenvalue weighted by atomic mass is 35.5. The summed E-state index contributed by atoms with van der Waals surface area (Å²) in [5, 5.41) is 15.2. The Morgan fingerprint density at radius 3 is 2.77 bits per heavy atom. The zero-order valence-electron chi connectivity index (χ0n) is 12.5. The fourth-order valence-corrected chi connectivity index (χ4v) is 3.81. The van der Waals surface area contributed by atoms with Crippen molar-refractivity contribution in [2.24, 2.45) is 0 Å². The third kappa shape index (κ3) is 5.15. The van der Waals surface area contributed by atoms with E-state index in [-0.39, 0.29) is 11.2 Å². The normalized spacial score (nSPS) is 12.2. The van der Waals surface area contributed by atoms with Gasteiger partial charge in [-0.25, -0.2) is 0 Å². The van der Waals surface area contributed by atoms with E-state index in [4.69, 9.17) is 11.6 Å². The summed E-state index contributed by atoms with van der Waals surface area (Å²) in [7, 11) is 0. The van der Waals surface area contributed by atoms with Gasteiger partial charge in [0.15, 0.2) is 4.34 Å². The van der Waals surface area contributed by atoms with Gasteiger partial charge in [-0.05, 0) is 39.0 Å². The Labute approximate surface area is 142 Å². The smallest absolute Gasteiger partial charge is 0.237 e. The van der Waals surface area contributed by atoms with Crippen LogP contribution in [0.2, 0.25) is 5.02 Å². The molecule has 0 aliphatic rings. The molecule has 0 saturated heterocycles. The molecule has 0 bridgehead atoms. The molecule has 0 radical (unpaired) electrons. The minimum atomic E-state index is -0.279. The van der Waals surface area contributed by atoms with E-state index in [1.54, 1.807) is 24.3 Å². The minimum absolute atomic E-state index is 0.0964. The number of thioether (sulfide) groups is 1. The van der Waals surface area contributed by atoms with Gasteiger partial charge in [-0.2, -0.15) is 0 Å². The summed E-state index contributed by atoms with van der Waals surface area (Å²) in [6.45, 7) is 5.91. The maximum Gasteiger partial charge on any atom is 0.237 e. The average molecular weight is 357 g/mol. The molecule has 118 valence electrons. The fraction of sp³-hybridized carbons (Fsp3) is 0.357. The summed E-state index contributed by atoms with van der Waals surface area (Å²) in [5.41, 5.74) is 0.685. The van der Waals surface area contributed by atoms with Crippen LogP contribution in [0.4, 0.5) is 10.8 Å². The predicted molar refractivity (Wildman–Crippen MR) is 94.1 cm³/mol. The largest absolute Gasteiger partial charge is 0.358 e. The molecule has 1 aromatic heterocycles. The van der Waals surface area contributed by atoms with Gasteiger partial charge in [-0.1, -0.05) is 40.8 Å². The lowest BCUT2D eigenvalue weighted by Gasteiger charge is -2.10. The second-order valence-electron chi connectivity index (χ2n) is 4.93. The number of aromatic nitrogens is 2. The van der Waals surface area contributed by atoms with Crippen molar-refractivity contribution in [2.45, 2.75) is 36.4 Å². The van der Waals surface area contributed by atoms with E-state index in [9.17, 15) is 4.79 Å². The van der Waals surface area contributed by atoms with E-state index in [1.807, 2.05) is 20.8 Å². The van der Waals surface area contributed by atoms with E-state index in [0.717, 1.165) is 9.47 Å². The first-order valence-corrected chi connectivity index (χ1v) is 8.84. The van der Waals surface area contributed by atoms with Crippen molar-refractivity contribution in [3.63, 3.8) is 0 Å². The van der Waals surface area contributed by atoms with Crippen LogP contribution in [-0.4, -0.2) is 27.4 Å². The lowest BCUT2D eigenvalue weighted by molar-refractivity contribution is -0.115. The second-order valence-corrected chi connectivity index (χ2v) is 7.93. The number of halogens is 1. The lowest BCUT2D eigenvalue weighted by atomic mass is 10.3. The van der Waals surface area contributed by atoms with Gasteiger partial charge in [0.1, 0.15) is 0 Å². The number of hydrogen-bond acceptors (Lipinski definition) is 6. The van der Waals surface area contributed by atoms with Crippen molar-refractivity contribution in [3.8, 4) is 0 Å². The van der Waals surface area contributed by atoms with Crippen molar-refractivity contribution in [2.75, 3.05) is 10.6 Å². The quantitative estimate of drug-likeness (QED) is 0.762. The van der Waals surface area contributed by atoms with Gasteiger partial charge in [0.05, 0.1) is 5.25 Å². The van der Waals surface area contributed by atoms with E-state index < -0.39 is 0 Å². The third-order valence-corrected chi connectivity index (χ3v) is 4.83. The van der Waals surface area contributed by atoms with E-state index in [1.165, 1.54) is 23.1 Å². The highest BCUT2D eigenvalue weighted by Gasteiger charge is 2.17. The topological polar surface area (TPSA) is 66.9 Å². The van der Waals surface area contributed by atoms with Gasteiger partial charge < -0.3 is 10.6 Å². The number of carbonyl (C=O) groups is 1. The lowest BCUT2D eigenvalue weighted by Crippen LogP contribution is -2.22. The predicted octanol–water partition coefficient (Wildman–Crippen LogP) is 4.13. The van der Waals surface area contributed by atoms with Gasteiger partial charge in [0, 0.05) is 16.8 Å². The fourth-order valence-electron chi connectivity index (χ4n) is 1.58. The first-order chi connectivity index (χ1) is 10.4. The first kappa shape index (κ1) is 17.1. The maximum atomic E-state index is 12.2. The number of nitrogens with zero attached hydrogens (tertiary/aromatic N) is 2. The number of benzene rings is 1. The Bertz CT molecular complexity index is 647. The first-order valence-electron chi connectivity index (χ1n) is 6.77. The maximum absolute atomic E-state index is 12.2. The summed E-state index contributed by atoms with van der Waals surface area (Å²) in [6, 6.07) is 7.38. The standard InChI is InChI=1S/C14H17ClN4OS2/c1-8(2)16-13-18-19-14(22-13)21-9(3)12(20)17-11-6-4-5-10(15)7-11/h4-9H,1-3H3,(H,16,18)(H,17,20)/t9-/m1/s1. The molecule has 0 spiro atoms. The molecule has 8 heteroatoms. The van der Waals surface area contributed by atoms with Crippen LogP contribution in [0.25, 0.3) is 0 Å². The molecule has 1 amide bonds. The molecule has 1 heterocycles. The molecule has 0 aliphatic carbocycles. The Kier molecular flexibility index (Phi) is 6.05. The summed E-state index contributed by atoms with van der Waals surface area (Å²) >= 11 is 8.73. The van der Waals surface area contributed by atoms with Crippen molar-refractivity contribution in [1.82, 2.24) is 10.2 Å². The molecule has 5 nitrogen and oxygen atoms in total. The van der Waals surface area contributed by atoms with Crippen LogP contribution in [-0.2, 0) is 4.79 Å². The molecule has 0 saturated carbocycles. The molecule has 1 atom stereocenters. The monoisotopic (exact) mass is 356 g/mol. The van der Waals surface area contributed by atoms with Gasteiger partial charge in [0.2, 0.25) is 11.0 Å². The molecule has 1 aromatic carbocycles. The number of amides is 1. The molecule has 2 N–H and O–H groups in total. The van der Waals surface area contributed by atoms with Crippen molar-refractivity contribution in [1.29, 1.82) is 0 Å². The van der Waals surface area contributed by atoms with Gasteiger partial charge in [-0.3, -0.25) is 4.79 Å². The Hall–Kier alpha value is -1.31. The van der Waals surface area contributed by atoms with E-state index in [0.29, 0.717) is 16.8 Å². The van der Waals surface area contributed by atoms with Gasteiger partial charge in [-0.15, -0.1) is 10.2 Å². The summed E-state index contributed by atoms with van der Waals surface area (Å²) in [5.74, 6) is -0.0964. The van der Waals surface area contributed by atoms with Gasteiger partial charge >= 0.3 is 0 Å². The molecule has 0 fully saturated rings. The average Bonchev–Trinajstić information content (AvgIpc) is 2.85. The zero-order valence-corrected chi connectivity index (χ0v) is 14.9. The SMILES string of the molecule is CC(C)Nc1nnc(S[C@H](C)C(=O)Nc2cccc(Cl)c2)s1. The van der Waals surface area contributed by atoms with Crippen LogP contribution in [0.1, 0.15) is 20.8 Å². The molecular weight excluding hydrogens is 340 g/mol. The Morgan fingerprint density at radius 2 is 2.09 bits per heavy atom. The van der Waals surface area contributed by atoms with Gasteiger partial charge in [0.25, 0.3) is 0 Å². The number of rotatable bonds is 6. The van der Waals surface area contributed by atoms with Crippen LogP contribution < -0.4 is 10.6 Å². The minimum Gasteiger partial charge on any atom is -0.358 e. The van der Waals surface area contributed by atoms with Crippen molar-refractivity contribution < 1.29 is 4.79 Å². The number of hydrogen-bond donors (Lipinski definition) is 2. The molecule has 0 unspecified atom stereocenters. The van der Waals surface area contributed by atoms with Crippen molar-refractivity contribution in [3.05, 3.63) is 29.3 Å². The third-order valence-electron chi connectivity index (χ3n) is 2.56. The van der Waals surface area contributed by atoms with Crippen LogP contribution in [0.5, 0.6) is 0 Å².